The number of allylic oxidation sites excluding steroid dienone is 1. The molecule has 0 radical (unpaired) electrons. The Morgan fingerprint density at radius 2 is 1.90 bits per heavy atom. The lowest BCUT2D eigenvalue weighted by atomic mass is 10.1. The summed E-state index contributed by atoms with van der Waals surface area (Å²) in [5, 5.41) is 8.92. The molecule has 0 aliphatic carbocycles. The average Bonchev–Trinajstić information content (AvgIpc) is 2.68. The summed E-state index contributed by atoms with van der Waals surface area (Å²) >= 11 is 0. The summed E-state index contributed by atoms with van der Waals surface area (Å²) in [5.74, 6) is -2.32. The van der Waals surface area contributed by atoms with Crippen molar-refractivity contribution in [3.63, 3.8) is 0 Å². The van der Waals surface area contributed by atoms with Crippen LogP contribution in [-0.2, 0) is 19.6 Å². The van der Waals surface area contributed by atoms with Gasteiger partial charge in [-0.25, -0.2) is 17.6 Å². The van der Waals surface area contributed by atoms with Gasteiger partial charge in [-0.1, -0.05) is 12.1 Å². The monoisotopic (exact) mass is 431 g/mol. The molecule has 2 aromatic carbocycles. The van der Waals surface area contributed by atoms with Gasteiger partial charge in [-0.3, -0.25) is 9.52 Å². The summed E-state index contributed by atoms with van der Waals surface area (Å²) in [6.07, 6.45) is 0. The van der Waals surface area contributed by atoms with Crippen molar-refractivity contribution < 1.29 is 27.1 Å². The van der Waals surface area contributed by atoms with E-state index in [1.165, 1.54) is 38.1 Å². The first-order chi connectivity index (χ1) is 14.1. The van der Waals surface area contributed by atoms with Crippen molar-refractivity contribution in [3.8, 4) is 6.07 Å². The van der Waals surface area contributed by atoms with Crippen LogP contribution >= 0.6 is 0 Å². The highest BCUT2D eigenvalue weighted by molar-refractivity contribution is 7.92. The molecule has 0 amide bonds. The van der Waals surface area contributed by atoms with Crippen molar-refractivity contribution in [1.82, 2.24) is 0 Å². The largest absolute Gasteiger partial charge is 0.454 e. The Labute approximate surface area is 172 Å². The highest BCUT2D eigenvalue weighted by Gasteiger charge is 2.21. The number of nitrogens with zero attached hydrogens (tertiary/aromatic N) is 1. The van der Waals surface area contributed by atoms with Crippen molar-refractivity contribution in [2.24, 2.45) is 5.73 Å². The van der Waals surface area contributed by atoms with E-state index in [2.05, 4.69) is 4.72 Å². The van der Waals surface area contributed by atoms with Gasteiger partial charge in [0, 0.05) is 5.70 Å². The minimum atomic E-state index is -4.13. The Balaban J connectivity index is 2.24. The van der Waals surface area contributed by atoms with Crippen LogP contribution in [0.15, 0.2) is 58.6 Å². The number of sulfonamides is 1. The number of carbonyl (C=O) groups is 2. The molecule has 0 aliphatic rings. The first-order valence-electron chi connectivity index (χ1n) is 8.51. The summed E-state index contributed by atoms with van der Waals surface area (Å²) in [7, 11) is -4.13. The first-order valence-corrected chi connectivity index (χ1v) is 10.00. The molecule has 10 heteroatoms. The number of esters is 1. The molecular weight excluding hydrogens is 413 g/mol. The quantitative estimate of drug-likeness (QED) is 0.390. The number of benzene rings is 2. The number of nitrogens with two attached hydrogens (primary N) is 1. The second-order valence-electron chi connectivity index (χ2n) is 6.23. The minimum Gasteiger partial charge on any atom is -0.454 e. The minimum absolute atomic E-state index is 0.0127. The van der Waals surface area contributed by atoms with Gasteiger partial charge in [-0.2, -0.15) is 5.26 Å². The molecule has 0 bridgehead atoms. The number of nitriles is 1. The molecule has 156 valence electrons. The van der Waals surface area contributed by atoms with Gasteiger partial charge in [0.05, 0.1) is 16.1 Å². The molecule has 0 saturated heterocycles. The van der Waals surface area contributed by atoms with E-state index in [0.29, 0.717) is 0 Å². The number of para-hydroxylation sites is 1. The summed E-state index contributed by atoms with van der Waals surface area (Å²) in [6, 6.07) is 10.5. The number of anilines is 1. The van der Waals surface area contributed by atoms with Gasteiger partial charge in [0.1, 0.15) is 17.5 Å². The summed E-state index contributed by atoms with van der Waals surface area (Å²) in [4.78, 5) is 24.1. The van der Waals surface area contributed by atoms with Crippen LogP contribution in [-0.4, -0.2) is 26.8 Å². The van der Waals surface area contributed by atoms with Gasteiger partial charge in [-0.15, -0.1) is 0 Å². The zero-order valence-corrected chi connectivity index (χ0v) is 16.9. The molecule has 0 saturated carbocycles. The first kappa shape index (κ1) is 22.6. The Hall–Kier alpha value is -3.71. The standard InChI is InChI=1S/C20H18FN3O5S/c1-12-9-14(7-8-17(12)21)30(27,28)24-18-6-4-3-5-15(18)20(26)29-11-19(25)16(10-22)13(2)23/h3-9,24H,11,23H2,1-2H3/b16-13-. The summed E-state index contributed by atoms with van der Waals surface area (Å²) in [5.41, 5.74) is 4.98. The van der Waals surface area contributed by atoms with Gasteiger partial charge >= 0.3 is 5.97 Å². The number of rotatable bonds is 7. The van der Waals surface area contributed by atoms with Crippen LogP contribution in [0.25, 0.3) is 0 Å². The summed E-state index contributed by atoms with van der Waals surface area (Å²) in [6.45, 7) is 2.04. The summed E-state index contributed by atoms with van der Waals surface area (Å²) < 4.78 is 45.8. The second-order valence-corrected chi connectivity index (χ2v) is 7.91. The number of aryl methyl sites for hydroxylation is 1. The maximum atomic E-state index is 13.4. The molecule has 0 unspecified atom stereocenters. The molecule has 0 aromatic heterocycles. The van der Waals surface area contributed by atoms with Crippen LogP contribution in [0.4, 0.5) is 10.1 Å². The average molecular weight is 431 g/mol. The molecule has 0 spiro atoms. The Morgan fingerprint density at radius 3 is 2.50 bits per heavy atom. The van der Waals surface area contributed by atoms with Crippen LogP contribution < -0.4 is 10.5 Å². The van der Waals surface area contributed by atoms with Crippen molar-refractivity contribution in [1.29, 1.82) is 5.26 Å². The highest BCUT2D eigenvalue weighted by Crippen LogP contribution is 2.22. The zero-order valence-electron chi connectivity index (χ0n) is 16.1. The van der Waals surface area contributed by atoms with E-state index in [1.807, 2.05) is 0 Å². The predicted molar refractivity (Wildman–Crippen MR) is 106 cm³/mol. The van der Waals surface area contributed by atoms with E-state index in [-0.39, 0.29) is 33.0 Å². The van der Waals surface area contributed by atoms with Gasteiger partial charge in [0.15, 0.2) is 6.61 Å². The lowest BCUT2D eigenvalue weighted by molar-refractivity contribution is -0.118. The Bertz CT molecular complexity index is 1180. The lowest BCUT2D eigenvalue weighted by Crippen LogP contribution is -2.20. The Morgan fingerprint density at radius 1 is 1.23 bits per heavy atom. The van der Waals surface area contributed by atoms with Gasteiger partial charge < -0.3 is 10.5 Å². The third-order valence-corrected chi connectivity index (χ3v) is 5.31. The molecule has 0 aliphatic heterocycles. The van der Waals surface area contributed by atoms with Crippen molar-refractivity contribution >= 4 is 27.5 Å². The molecule has 8 nitrogen and oxygen atoms in total. The molecular formula is C20H18FN3O5S. The van der Waals surface area contributed by atoms with Gasteiger partial charge in [-0.05, 0) is 49.7 Å². The number of Topliss-reactive ketones (excluding diaryl/α,β-unsaturated/α-hetero) is 1. The van der Waals surface area contributed by atoms with Crippen molar-refractivity contribution in [2.45, 2.75) is 18.7 Å². The van der Waals surface area contributed by atoms with E-state index in [4.69, 9.17) is 15.7 Å². The SMILES string of the molecule is C/C(N)=C(\C#N)C(=O)COC(=O)c1ccccc1NS(=O)(=O)c1ccc(F)c(C)c1. The number of ketones is 1. The van der Waals surface area contributed by atoms with E-state index in [1.54, 1.807) is 6.07 Å². The molecule has 0 fully saturated rings. The van der Waals surface area contributed by atoms with E-state index in [9.17, 15) is 22.4 Å². The molecule has 2 aromatic rings. The normalized spacial score (nSPS) is 11.8. The van der Waals surface area contributed by atoms with Crippen LogP contribution in [0.3, 0.4) is 0 Å². The highest BCUT2D eigenvalue weighted by atomic mass is 32.2. The van der Waals surface area contributed by atoms with Gasteiger partial charge in [0.25, 0.3) is 10.0 Å². The maximum Gasteiger partial charge on any atom is 0.340 e. The molecule has 30 heavy (non-hydrogen) atoms. The van der Waals surface area contributed by atoms with Crippen LogP contribution in [0.2, 0.25) is 0 Å². The van der Waals surface area contributed by atoms with Crippen LogP contribution in [0.1, 0.15) is 22.8 Å². The number of hydrogen-bond donors (Lipinski definition) is 2. The topological polar surface area (TPSA) is 139 Å². The maximum absolute atomic E-state index is 13.4. The molecule has 0 heterocycles. The van der Waals surface area contributed by atoms with Crippen molar-refractivity contribution in [2.75, 3.05) is 11.3 Å². The van der Waals surface area contributed by atoms with Gasteiger partial charge in [0.2, 0.25) is 5.78 Å². The van der Waals surface area contributed by atoms with E-state index < -0.39 is 34.2 Å². The van der Waals surface area contributed by atoms with Crippen LogP contribution in [0.5, 0.6) is 0 Å². The van der Waals surface area contributed by atoms with Crippen LogP contribution in [0, 0.1) is 24.1 Å². The Kier molecular flexibility index (Phi) is 6.92. The second kappa shape index (κ2) is 9.19. The van der Waals surface area contributed by atoms with Crippen molar-refractivity contribution in [3.05, 3.63) is 70.7 Å². The third-order valence-electron chi connectivity index (χ3n) is 3.95. The van der Waals surface area contributed by atoms with E-state index >= 15 is 0 Å². The smallest absolute Gasteiger partial charge is 0.340 e. The third kappa shape index (κ3) is 5.21. The zero-order chi connectivity index (χ0) is 22.5. The fraction of sp³-hybridized carbons (Fsp3) is 0.150. The molecule has 3 N–H and O–H groups in total. The molecule has 2 rings (SSSR count). The number of ether oxygens (including phenoxy) is 1. The van der Waals surface area contributed by atoms with E-state index in [0.717, 1.165) is 18.2 Å². The number of halogens is 1. The predicted octanol–water partition coefficient (Wildman–Crippen LogP) is 2.42. The number of nitrogens with one attached hydrogen (secondary N) is 1. The molecule has 0 atom stereocenters. The number of carbonyl (C=O) groups excluding carboxylic acids is 2. The lowest BCUT2D eigenvalue weighted by Gasteiger charge is -2.13. The fourth-order valence-corrected chi connectivity index (χ4v) is 3.55. The fourth-order valence-electron chi connectivity index (χ4n) is 2.39. The number of hydrogen-bond acceptors (Lipinski definition) is 7.